The van der Waals surface area contributed by atoms with Crippen molar-refractivity contribution in [1.29, 1.82) is 0 Å². The van der Waals surface area contributed by atoms with Gasteiger partial charge in [-0.2, -0.15) is 5.10 Å². The molecule has 1 unspecified atom stereocenters. The molecule has 28 heavy (non-hydrogen) atoms. The van der Waals surface area contributed by atoms with Crippen LogP contribution in [0.15, 0.2) is 30.7 Å². The zero-order chi connectivity index (χ0) is 19.8. The van der Waals surface area contributed by atoms with Gasteiger partial charge in [0.25, 0.3) is 0 Å². The molecule has 1 aliphatic rings. The van der Waals surface area contributed by atoms with Crippen LogP contribution >= 0.6 is 0 Å². The average Bonchev–Trinajstić information content (AvgIpc) is 3.30. The number of imidazole rings is 1. The number of ether oxygens (including phenoxy) is 2. The second-order valence-electron chi connectivity index (χ2n) is 7.11. The smallest absolute Gasteiger partial charge is 0.312 e. The first-order valence-electron chi connectivity index (χ1n) is 9.31. The molecule has 0 fully saturated rings. The van der Waals surface area contributed by atoms with E-state index in [-0.39, 0.29) is 17.9 Å². The van der Waals surface area contributed by atoms with E-state index in [0.29, 0.717) is 13.2 Å². The molecule has 0 aliphatic carbocycles. The molecule has 1 atom stereocenters. The fourth-order valence-electron chi connectivity index (χ4n) is 3.40. The number of rotatable bonds is 4. The predicted octanol–water partition coefficient (Wildman–Crippen LogP) is 3.06. The van der Waals surface area contributed by atoms with E-state index in [0.717, 1.165) is 34.2 Å². The number of carbonyl (C=O) groups excluding carboxylic acids is 1. The lowest BCUT2D eigenvalue weighted by molar-refractivity contribution is -0.141. The van der Waals surface area contributed by atoms with Gasteiger partial charge in [-0.15, -0.1) is 0 Å². The van der Waals surface area contributed by atoms with Crippen LogP contribution in [-0.2, 0) is 16.1 Å². The minimum atomic E-state index is -0.359. The highest BCUT2D eigenvalue weighted by molar-refractivity contribution is 5.79. The molecule has 8 heteroatoms. The molecule has 0 N–H and O–H groups in total. The summed E-state index contributed by atoms with van der Waals surface area (Å²) >= 11 is 0. The zero-order valence-corrected chi connectivity index (χ0v) is 16.4. The number of benzene rings is 1. The first-order valence-corrected chi connectivity index (χ1v) is 9.31. The first kappa shape index (κ1) is 18.2. The van der Waals surface area contributed by atoms with Gasteiger partial charge < -0.3 is 14.0 Å². The Morgan fingerprint density at radius 3 is 2.82 bits per heavy atom. The monoisotopic (exact) mass is 381 g/mol. The average molecular weight is 381 g/mol. The third kappa shape index (κ3) is 3.04. The van der Waals surface area contributed by atoms with Crippen LogP contribution < -0.4 is 4.74 Å². The second kappa shape index (κ2) is 7.10. The summed E-state index contributed by atoms with van der Waals surface area (Å²) in [7, 11) is 1.40. The maximum atomic E-state index is 11.9. The van der Waals surface area contributed by atoms with Crippen molar-refractivity contribution < 1.29 is 14.3 Å². The quantitative estimate of drug-likeness (QED) is 0.646. The Kier molecular flexibility index (Phi) is 4.62. The molecule has 0 saturated carbocycles. The molecule has 4 rings (SSSR count). The van der Waals surface area contributed by atoms with Crippen molar-refractivity contribution >= 4 is 5.97 Å². The topological polar surface area (TPSA) is 84.1 Å². The number of carbonyl (C=O) groups is 1. The Bertz CT molecular complexity index is 1020. The van der Waals surface area contributed by atoms with Crippen LogP contribution in [0.1, 0.15) is 38.3 Å². The van der Waals surface area contributed by atoms with Gasteiger partial charge in [0.05, 0.1) is 25.1 Å². The SMILES string of the molecule is COC(=O)C(C)c1ccc2c(c1)OCCn1cc(-c3ncnn3C(C)C)nc1-2. The van der Waals surface area contributed by atoms with E-state index in [1.165, 1.54) is 7.11 Å². The Morgan fingerprint density at radius 2 is 2.07 bits per heavy atom. The molecule has 1 aromatic carbocycles. The molecule has 0 radical (unpaired) electrons. The molecule has 3 aromatic rings. The third-order valence-electron chi connectivity index (χ3n) is 4.96. The number of nitrogens with zero attached hydrogens (tertiary/aromatic N) is 5. The van der Waals surface area contributed by atoms with Gasteiger partial charge in [-0.3, -0.25) is 4.79 Å². The van der Waals surface area contributed by atoms with Crippen LogP contribution in [-0.4, -0.2) is 44.0 Å². The standard InChI is InChI=1S/C20H23N5O3/c1-12(2)25-19(21-11-22-25)16-10-24-7-8-28-17-9-14(13(3)20(26)27-4)5-6-15(17)18(24)23-16/h5-6,9-13H,7-8H2,1-4H3. The van der Waals surface area contributed by atoms with Crippen molar-refractivity contribution in [2.45, 2.75) is 39.3 Å². The number of hydrogen-bond donors (Lipinski definition) is 0. The summed E-state index contributed by atoms with van der Waals surface area (Å²) in [6.07, 6.45) is 3.54. The molecular formula is C20H23N5O3. The van der Waals surface area contributed by atoms with E-state index in [2.05, 4.69) is 28.5 Å². The highest BCUT2D eigenvalue weighted by atomic mass is 16.5. The molecule has 3 heterocycles. The number of aromatic nitrogens is 5. The van der Waals surface area contributed by atoms with Crippen molar-refractivity contribution in [1.82, 2.24) is 24.3 Å². The Labute approximate surface area is 163 Å². The lowest BCUT2D eigenvalue weighted by Gasteiger charge is -2.13. The molecular weight excluding hydrogens is 358 g/mol. The highest BCUT2D eigenvalue weighted by Crippen LogP contribution is 2.36. The second-order valence-corrected chi connectivity index (χ2v) is 7.11. The molecule has 146 valence electrons. The van der Waals surface area contributed by atoms with Crippen molar-refractivity contribution in [3.8, 4) is 28.7 Å². The molecule has 0 saturated heterocycles. The molecule has 8 nitrogen and oxygen atoms in total. The summed E-state index contributed by atoms with van der Waals surface area (Å²) in [6.45, 7) is 7.14. The van der Waals surface area contributed by atoms with Gasteiger partial charge in [-0.05, 0) is 38.5 Å². The van der Waals surface area contributed by atoms with Crippen molar-refractivity contribution in [2.75, 3.05) is 13.7 Å². The maximum absolute atomic E-state index is 11.9. The maximum Gasteiger partial charge on any atom is 0.312 e. The van der Waals surface area contributed by atoms with Crippen LogP contribution in [0.4, 0.5) is 0 Å². The van der Waals surface area contributed by atoms with Crippen LogP contribution in [0.2, 0.25) is 0 Å². The largest absolute Gasteiger partial charge is 0.491 e. The lowest BCUT2D eigenvalue weighted by atomic mass is 9.99. The van der Waals surface area contributed by atoms with Gasteiger partial charge in [0.15, 0.2) is 5.82 Å². The van der Waals surface area contributed by atoms with Gasteiger partial charge in [0, 0.05) is 12.2 Å². The highest BCUT2D eigenvalue weighted by Gasteiger charge is 2.23. The minimum absolute atomic E-state index is 0.192. The predicted molar refractivity (Wildman–Crippen MR) is 103 cm³/mol. The van der Waals surface area contributed by atoms with Crippen LogP contribution in [0.25, 0.3) is 22.9 Å². The number of esters is 1. The van der Waals surface area contributed by atoms with E-state index in [1.54, 1.807) is 6.33 Å². The van der Waals surface area contributed by atoms with E-state index < -0.39 is 0 Å². The first-order chi connectivity index (χ1) is 13.5. The summed E-state index contributed by atoms with van der Waals surface area (Å²) in [5.74, 6) is 1.65. The van der Waals surface area contributed by atoms with Crippen LogP contribution in [0, 0.1) is 0 Å². The van der Waals surface area contributed by atoms with E-state index in [1.807, 2.05) is 36.0 Å². The van der Waals surface area contributed by atoms with E-state index in [4.69, 9.17) is 14.5 Å². The zero-order valence-electron chi connectivity index (χ0n) is 16.4. The van der Waals surface area contributed by atoms with Crippen LogP contribution in [0.3, 0.4) is 0 Å². The van der Waals surface area contributed by atoms with Gasteiger partial charge in [-0.25, -0.2) is 14.6 Å². The van der Waals surface area contributed by atoms with Gasteiger partial charge >= 0.3 is 5.97 Å². The van der Waals surface area contributed by atoms with Gasteiger partial charge in [0.1, 0.15) is 30.2 Å². The van der Waals surface area contributed by atoms with E-state index >= 15 is 0 Å². The molecule has 1 aliphatic heterocycles. The number of methoxy groups -OCH3 is 1. The molecule has 0 spiro atoms. The third-order valence-corrected chi connectivity index (χ3v) is 4.96. The fourth-order valence-corrected chi connectivity index (χ4v) is 3.40. The van der Waals surface area contributed by atoms with Crippen molar-refractivity contribution in [3.05, 3.63) is 36.3 Å². The molecule has 2 aromatic heterocycles. The van der Waals surface area contributed by atoms with E-state index in [9.17, 15) is 4.79 Å². The Balaban J connectivity index is 1.76. The number of hydrogen-bond acceptors (Lipinski definition) is 6. The summed E-state index contributed by atoms with van der Waals surface area (Å²) in [4.78, 5) is 21.1. The van der Waals surface area contributed by atoms with Crippen molar-refractivity contribution in [2.24, 2.45) is 0 Å². The normalized spacial score (nSPS) is 14.0. The number of fused-ring (bicyclic) bond motifs is 3. The lowest BCUT2D eigenvalue weighted by Crippen LogP contribution is -2.11. The van der Waals surface area contributed by atoms with Crippen molar-refractivity contribution in [3.63, 3.8) is 0 Å². The Hall–Kier alpha value is -3.16. The fraction of sp³-hybridized carbons (Fsp3) is 0.400. The summed E-state index contributed by atoms with van der Waals surface area (Å²) in [6, 6.07) is 5.96. The minimum Gasteiger partial charge on any atom is -0.491 e. The van der Waals surface area contributed by atoms with Crippen LogP contribution in [0.5, 0.6) is 5.75 Å². The van der Waals surface area contributed by atoms with Gasteiger partial charge in [0.2, 0.25) is 0 Å². The summed E-state index contributed by atoms with van der Waals surface area (Å²) in [5, 5.41) is 4.30. The molecule has 0 bridgehead atoms. The molecule has 0 amide bonds. The summed E-state index contributed by atoms with van der Waals surface area (Å²) < 4.78 is 14.7. The van der Waals surface area contributed by atoms with Gasteiger partial charge in [-0.1, -0.05) is 6.07 Å². The Morgan fingerprint density at radius 1 is 1.25 bits per heavy atom. The summed E-state index contributed by atoms with van der Waals surface area (Å²) in [5.41, 5.74) is 2.52.